The first-order valence-electron chi connectivity index (χ1n) is 6.10. The average Bonchev–Trinajstić information content (AvgIpc) is 2.77. The molecular weight excluding hydrogens is 244 g/mol. The predicted octanol–water partition coefficient (Wildman–Crippen LogP) is 2.67. The third-order valence-electron chi connectivity index (χ3n) is 2.40. The Morgan fingerprint density at radius 1 is 1.37 bits per heavy atom. The molecule has 2 rings (SSSR count). The Morgan fingerprint density at radius 2 is 2.05 bits per heavy atom. The minimum absolute atomic E-state index is 0.0922. The van der Waals surface area contributed by atoms with Crippen molar-refractivity contribution in [3.8, 4) is 5.75 Å². The van der Waals surface area contributed by atoms with Gasteiger partial charge in [-0.2, -0.15) is 5.10 Å². The number of aromatic hydroxyl groups is 1. The number of aryl methyl sites for hydroxylation is 1. The third kappa shape index (κ3) is 3.84. The van der Waals surface area contributed by atoms with Gasteiger partial charge in [0.2, 0.25) is 0 Å². The van der Waals surface area contributed by atoms with E-state index >= 15 is 0 Å². The summed E-state index contributed by atoms with van der Waals surface area (Å²) in [5.74, 6) is -1.36. The number of phenols is 1. The minimum atomic E-state index is -1.14. The molecule has 0 saturated heterocycles. The van der Waals surface area contributed by atoms with Crippen LogP contribution in [0.5, 0.6) is 5.75 Å². The number of hydrogen-bond acceptors (Lipinski definition) is 3. The first-order chi connectivity index (χ1) is 9.06. The summed E-state index contributed by atoms with van der Waals surface area (Å²) in [6, 6.07) is 4.50. The minimum Gasteiger partial charge on any atom is -0.507 e. The van der Waals surface area contributed by atoms with Gasteiger partial charge in [0.15, 0.2) is 0 Å². The van der Waals surface area contributed by atoms with Gasteiger partial charge < -0.3 is 10.2 Å². The van der Waals surface area contributed by atoms with Crippen molar-refractivity contribution in [2.45, 2.75) is 27.3 Å². The van der Waals surface area contributed by atoms with E-state index in [1.54, 1.807) is 16.9 Å². The summed E-state index contributed by atoms with van der Waals surface area (Å²) in [4.78, 5) is 10.7. The van der Waals surface area contributed by atoms with E-state index in [9.17, 15) is 9.90 Å². The summed E-state index contributed by atoms with van der Waals surface area (Å²) in [6.07, 6.45) is 3.62. The zero-order valence-corrected chi connectivity index (χ0v) is 11.3. The van der Waals surface area contributed by atoms with Crippen LogP contribution in [0.1, 0.15) is 35.3 Å². The maximum absolute atomic E-state index is 10.7. The van der Waals surface area contributed by atoms with Gasteiger partial charge in [-0.05, 0) is 30.2 Å². The highest BCUT2D eigenvalue weighted by Crippen LogP contribution is 2.19. The maximum Gasteiger partial charge on any atom is 0.339 e. The van der Waals surface area contributed by atoms with Crippen LogP contribution in [-0.2, 0) is 6.54 Å². The first-order valence-corrected chi connectivity index (χ1v) is 6.10. The molecule has 0 radical (unpaired) electrons. The molecule has 5 nitrogen and oxygen atoms in total. The van der Waals surface area contributed by atoms with Crippen LogP contribution >= 0.6 is 0 Å². The fourth-order valence-corrected chi connectivity index (χ4v) is 1.60. The molecule has 102 valence electrons. The summed E-state index contributed by atoms with van der Waals surface area (Å²) < 4.78 is 1.73. The van der Waals surface area contributed by atoms with Crippen molar-refractivity contribution in [2.75, 3.05) is 0 Å². The zero-order chi connectivity index (χ0) is 14.4. The monoisotopic (exact) mass is 262 g/mol. The molecule has 0 bridgehead atoms. The number of rotatable bonds is 3. The molecule has 0 aliphatic carbocycles. The van der Waals surface area contributed by atoms with Gasteiger partial charge in [-0.3, -0.25) is 4.68 Å². The van der Waals surface area contributed by atoms with Crippen molar-refractivity contribution in [3.05, 3.63) is 47.3 Å². The number of carbonyl (C=O) groups is 1. The summed E-state index contributed by atoms with van der Waals surface area (Å²) in [7, 11) is 0. The second kappa shape index (κ2) is 6.58. The highest BCUT2D eigenvalue weighted by molar-refractivity contribution is 5.90. The van der Waals surface area contributed by atoms with Crippen LogP contribution in [0, 0.1) is 6.92 Å². The Hall–Kier alpha value is -2.30. The lowest BCUT2D eigenvalue weighted by Gasteiger charge is -2.04. The molecule has 2 aromatic rings. The van der Waals surface area contributed by atoms with Crippen molar-refractivity contribution >= 4 is 5.97 Å². The Morgan fingerprint density at radius 3 is 2.53 bits per heavy atom. The standard InChI is InChI=1S/C12H12N2O3.C2H6/c1-8-5-13-14(6-8)7-9-2-3-10(12(16)17)11(15)4-9;1-2/h2-6,15H,7H2,1H3,(H,16,17);1-2H3. The fraction of sp³-hybridized carbons (Fsp3) is 0.286. The topological polar surface area (TPSA) is 75.4 Å². The van der Waals surface area contributed by atoms with Gasteiger partial charge in [0.25, 0.3) is 0 Å². The smallest absolute Gasteiger partial charge is 0.339 e. The van der Waals surface area contributed by atoms with Crippen molar-refractivity contribution in [2.24, 2.45) is 0 Å². The Bertz CT molecular complexity index is 562. The Kier molecular flexibility index (Phi) is 5.11. The normalized spacial score (nSPS) is 9.63. The van der Waals surface area contributed by atoms with Crippen LogP contribution < -0.4 is 0 Å². The lowest BCUT2D eigenvalue weighted by molar-refractivity contribution is 0.0693. The first kappa shape index (κ1) is 14.8. The van der Waals surface area contributed by atoms with E-state index in [-0.39, 0.29) is 11.3 Å². The Balaban J connectivity index is 0.000000861. The van der Waals surface area contributed by atoms with Gasteiger partial charge in [-0.15, -0.1) is 0 Å². The fourth-order valence-electron chi connectivity index (χ4n) is 1.60. The van der Waals surface area contributed by atoms with E-state index < -0.39 is 5.97 Å². The molecule has 0 atom stereocenters. The number of benzene rings is 1. The van der Waals surface area contributed by atoms with Crippen molar-refractivity contribution in [3.63, 3.8) is 0 Å². The van der Waals surface area contributed by atoms with Crippen LogP contribution in [0.2, 0.25) is 0 Å². The van der Waals surface area contributed by atoms with Gasteiger partial charge in [0, 0.05) is 6.20 Å². The van der Waals surface area contributed by atoms with Gasteiger partial charge in [0.05, 0.1) is 12.7 Å². The summed E-state index contributed by atoms with van der Waals surface area (Å²) in [5.41, 5.74) is 1.76. The van der Waals surface area contributed by atoms with E-state index in [1.165, 1.54) is 12.1 Å². The molecule has 0 aliphatic rings. The second-order valence-corrected chi connectivity index (χ2v) is 3.87. The molecule has 5 heteroatoms. The highest BCUT2D eigenvalue weighted by Gasteiger charge is 2.09. The number of hydrogen-bond donors (Lipinski definition) is 2. The van der Waals surface area contributed by atoms with Crippen LogP contribution in [-0.4, -0.2) is 26.0 Å². The van der Waals surface area contributed by atoms with Gasteiger partial charge in [0.1, 0.15) is 11.3 Å². The molecular formula is C14H18N2O3. The molecule has 0 fully saturated rings. The number of carboxylic acids is 1. The number of carboxylic acid groups (broad SMARTS) is 1. The largest absolute Gasteiger partial charge is 0.507 e. The van der Waals surface area contributed by atoms with Crippen molar-refractivity contribution in [1.82, 2.24) is 9.78 Å². The highest BCUT2D eigenvalue weighted by atomic mass is 16.4. The maximum atomic E-state index is 10.7. The molecule has 1 aromatic carbocycles. The van der Waals surface area contributed by atoms with Crippen LogP contribution in [0.15, 0.2) is 30.6 Å². The van der Waals surface area contributed by atoms with E-state index in [4.69, 9.17) is 5.11 Å². The quantitative estimate of drug-likeness (QED) is 0.891. The predicted molar refractivity (Wildman–Crippen MR) is 72.5 cm³/mol. The number of aromatic nitrogens is 2. The zero-order valence-electron chi connectivity index (χ0n) is 11.3. The van der Waals surface area contributed by atoms with Crippen LogP contribution in [0.4, 0.5) is 0 Å². The van der Waals surface area contributed by atoms with Crippen LogP contribution in [0.3, 0.4) is 0 Å². The van der Waals surface area contributed by atoms with Gasteiger partial charge >= 0.3 is 5.97 Å². The molecule has 0 aliphatic heterocycles. The van der Waals surface area contributed by atoms with Crippen LogP contribution in [0.25, 0.3) is 0 Å². The van der Waals surface area contributed by atoms with Crippen molar-refractivity contribution < 1.29 is 15.0 Å². The molecule has 2 N–H and O–H groups in total. The number of aromatic carboxylic acids is 1. The van der Waals surface area contributed by atoms with Gasteiger partial charge in [-0.1, -0.05) is 19.9 Å². The lowest BCUT2D eigenvalue weighted by atomic mass is 10.1. The summed E-state index contributed by atoms with van der Waals surface area (Å²) in [6.45, 7) is 6.44. The van der Waals surface area contributed by atoms with Crippen molar-refractivity contribution in [1.29, 1.82) is 0 Å². The average molecular weight is 262 g/mol. The summed E-state index contributed by atoms with van der Waals surface area (Å²) in [5, 5.41) is 22.4. The molecule has 19 heavy (non-hydrogen) atoms. The molecule has 0 amide bonds. The lowest BCUT2D eigenvalue weighted by Crippen LogP contribution is -2.02. The SMILES string of the molecule is CC.Cc1cnn(Cc2ccc(C(=O)O)c(O)c2)c1. The van der Waals surface area contributed by atoms with Gasteiger partial charge in [-0.25, -0.2) is 4.79 Å². The molecule has 0 unspecified atom stereocenters. The Labute approximate surface area is 112 Å². The second-order valence-electron chi connectivity index (χ2n) is 3.87. The molecule has 0 spiro atoms. The number of nitrogens with zero attached hydrogens (tertiary/aromatic N) is 2. The third-order valence-corrected chi connectivity index (χ3v) is 2.40. The molecule has 1 heterocycles. The summed E-state index contributed by atoms with van der Waals surface area (Å²) >= 11 is 0. The van der Waals surface area contributed by atoms with E-state index in [2.05, 4.69) is 5.10 Å². The molecule has 0 saturated carbocycles. The van der Waals surface area contributed by atoms with E-state index in [1.807, 2.05) is 27.0 Å². The van der Waals surface area contributed by atoms with E-state index in [0.717, 1.165) is 11.1 Å². The van der Waals surface area contributed by atoms with E-state index in [0.29, 0.717) is 6.54 Å². The molecule has 1 aromatic heterocycles.